The number of rotatable bonds is 2. The fourth-order valence-corrected chi connectivity index (χ4v) is 0.891. The number of hydrogen-bond donors (Lipinski definition) is 2. The molecule has 2 aromatic rings. The smallest absolute Gasteiger partial charge is 0.263 e. The van der Waals surface area contributed by atoms with E-state index in [9.17, 15) is 4.79 Å². The van der Waals surface area contributed by atoms with Crippen molar-refractivity contribution in [2.75, 3.05) is 0 Å². The number of nitriles is 2. The van der Waals surface area contributed by atoms with Crippen LogP contribution in [-0.4, -0.2) is 25.7 Å². The van der Waals surface area contributed by atoms with Gasteiger partial charge in [0, 0.05) is 24.8 Å². The lowest BCUT2D eigenvalue weighted by Crippen LogP contribution is -2.05. The van der Waals surface area contributed by atoms with E-state index in [1.165, 1.54) is 24.5 Å². The number of H-pyrrole nitrogens is 2. The summed E-state index contributed by atoms with van der Waals surface area (Å²) < 4.78 is 0. The lowest BCUT2D eigenvalue weighted by Gasteiger charge is -1.89. The van der Waals surface area contributed by atoms with Crippen LogP contribution >= 0.6 is 17.0 Å². The van der Waals surface area contributed by atoms with Gasteiger partial charge in [-0.15, -0.1) is 17.0 Å². The van der Waals surface area contributed by atoms with Gasteiger partial charge in [-0.3, -0.25) is 4.79 Å². The highest BCUT2D eigenvalue weighted by molar-refractivity contribution is 8.93. The summed E-state index contributed by atoms with van der Waals surface area (Å²) in [6, 6.07) is 2.47. The molecule has 0 aliphatic carbocycles. The Morgan fingerprint density at radius 1 is 1.06 bits per heavy atom. The maximum absolute atomic E-state index is 11.4. The van der Waals surface area contributed by atoms with Gasteiger partial charge in [-0.25, -0.2) is 9.97 Å². The van der Waals surface area contributed by atoms with Crippen LogP contribution < -0.4 is 0 Å². The highest BCUT2D eigenvalue weighted by atomic mass is 79.9. The van der Waals surface area contributed by atoms with E-state index in [-0.39, 0.29) is 22.8 Å². The first-order valence-electron chi connectivity index (χ1n) is 4.11. The van der Waals surface area contributed by atoms with Gasteiger partial charge >= 0.3 is 0 Å². The number of nitrogens with one attached hydrogen (secondary N) is 2. The summed E-state index contributed by atoms with van der Waals surface area (Å²) >= 11 is 0. The van der Waals surface area contributed by atoms with Gasteiger partial charge in [-0.2, -0.15) is 10.5 Å². The van der Waals surface area contributed by atoms with Crippen molar-refractivity contribution < 1.29 is 4.79 Å². The molecule has 2 rings (SSSR count). The second kappa shape index (κ2) is 7.79. The van der Waals surface area contributed by atoms with Crippen LogP contribution in [0, 0.1) is 22.7 Å². The molecule has 0 unspecified atom stereocenters. The average Bonchev–Trinajstić information content (AvgIpc) is 3.00. The molecule has 0 atom stereocenters. The molecule has 2 heterocycles. The van der Waals surface area contributed by atoms with Gasteiger partial charge in [-0.05, 0) is 0 Å². The number of nitrogens with zero attached hydrogens (tertiary/aromatic N) is 4. The van der Waals surface area contributed by atoms with E-state index in [0.717, 1.165) is 0 Å². The molecule has 86 valence electrons. The number of halogens is 1. The van der Waals surface area contributed by atoms with E-state index in [0.29, 0.717) is 11.6 Å². The minimum atomic E-state index is -0.231. The first kappa shape index (κ1) is 14.6. The Balaban J connectivity index is 0.000000453. The molecule has 17 heavy (non-hydrogen) atoms. The van der Waals surface area contributed by atoms with Crippen molar-refractivity contribution in [1.82, 2.24) is 19.9 Å². The molecule has 0 fully saturated rings. The van der Waals surface area contributed by atoms with E-state index < -0.39 is 0 Å². The Labute approximate surface area is 107 Å². The molecule has 0 amide bonds. The molecule has 0 aliphatic rings. The van der Waals surface area contributed by atoms with Crippen LogP contribution in [0.25, 0.3) is 0 Å². The third-order valence-electron chi connectivity index (χ3n) is 1.48. The van der Waals surface area contributed by atoms with Crippen LogP contribution in [0.3, 0.4) is 0 Å². The van der Waals surface area contributed by atoms with Gasteiger partial charge in [-0.1, -0.05) is 0 Å². The summed E-state index contributed by atoms with van der Waals surface area (Å²) in [6.45, 7) is 0. The SMILES string of the molecule is Br.N#CC#N.O=C(c1ncc[nH]1)c1ncc[nH]1. The van der Waals surface area contributed by atoms with Crippen molar-refractivity contribution in [2.45, 2.75) is 0 Å². The Kier molecular flexibility index (Phi) is 6.67. The molecular formula is C9H7BrN6O. The number of carbonyl (C=O) groups excluding carboxylic acids is 1. The molecule has 8 heteroatoms. The van der Waals surface area contributed by atoms with Gasteiger partial charge in [0.15, 0.2) is 23.8 Å². The van der Waals surface area contributed by atoms with Gasteiger partial charge in [0.25, 0.3) is 5.78 Å². The Bertz CT molecular complexity index is 471. The van der Waals surface area contributed by atoms with Gasteiger partial charge in [0.1, 0.15) is 0 Å². The quantitative estimate of drug-likeness (QED) is 0.799. The Hall–Kier alpha value is -2.45. The fraction of sp³-hybridized carbons (Fsp3) is 0. The molecule has 7 nitrogen and oxygen atoms in total. The topological polar surface area (TPSA) is 122 Å². The molecule has 0 radical (unpaired) electrons. The van der Waals surface area contributed by atoms with Crippen LogP contribution in [0.1, 0.15) is 16.4 Å². The van der Waals surface area contributed by atoms with Crippen molar-refractivity contribution >= 4 is 22.8 Å². The number of imidazole rings is 2. The third-order valence-corrected chi connectivity index (χ3v) is 1.48. The summed E-state index contributed by atoms with van der Waals surface area (Å²) in [5, 5.41) is 14.5. The zero-order valence-electron chi connectivity index (χ0n) is 8.41. The highest BCUT2D eigenvalue weighted by Crippen LogP contribution is 1.98. The minimum absolute atomic E-state index is 0. The lowest BCUT2D eigenvalue weighted by atomic mass is 10.3. The summed E-state index contributed by atoms with van der Waals surface area (Å²) in [7, 11) is 0. The maximum atomic E-state index is 11.4. The average molecular weight is 295 g/mol. The predicted molar refractivity (Wildman–Crippen MR) is 62.2 cm³/mol. The number of aromatic nitrogens is 4. The second-order valence-corrected chi connectivity index (χ2v) is 2.43. The molecule has 0 saturated carbocycles. The van der Waals surface area contributed by atoms with Crippen molar-refractivity contribution in [3.63, 3.8) is 0 Å². The lowest BCUT2D eigenvalue weighted by molar-refractivity contribution is 0.102. The van der Waals surface area contributed by atoms with Crippen molar-refractivity contribution in [2.24, 2.45) is 0 Å². The fourth-order valence-electron chi connectivity index (χ4n) is 0.891. The molecule has 0 bridgehead atoms. The standard InChI is InChI=1S/C7H6N4O.C2N2.BrH/c12-5(6-8-1-2-9-6)7-10-3-4-11-7;3-1-2-4;/h1-4H,(H,8,9)(H,10,11);;1H. The number of aromatic amines is 2. The van der Waals surface area contributed by atoms with E-state index in [4.69, 9.17) is 10.5 Å². The molecular weight excluding hydrogens is 288 g/mol. The first-order chi connectivity index (χ1) is 7.79. The monoisotopic (exact) mass is 294 g/mol. The van der Waals surface area contributed by atoms with Crippen LogP contribution in [0.15, 0.2) is 24.8 Å². The predicted octanol–water partition coefficient (Wildman–Crippen LogP) is 0.975. The van der Waals surface area contributed by atoms with E-state index in [2.05, 4.69) is 19.9 Å². The first-order valence-corrected chi connectivity index (χ1v) is 4.11. The van der Waals surface area contributed by atoms with Gasteiger partial charge in [0.05, 0.1) is 0 Å². The van der Waals surface area contributed by atoms with Crippen LogP contribution in [0.4, 0.5) is 0 Å². The number of hydrogen-bond acceptors (Lipinski definition) is 5. The van der Waals surface area contributed by atoms with Gasteiger partial charge in [0.2, 0.25) is 0 Å². The largest absolute Gasteiger partial charge is 0.342 e. The van der Waals surface area contributed by atoms with Crippen molar-refractivity contribution in [3.8, 4) is 12.1 Å². The number of ketones is 1. The summed E-state index contributed by atoms with van der Waals surface area (Å²) in [5.41, 5.74) is 0. The van der Waals surface area contributed by atoms with E-state index in [1.54, 1.807) is 12.4 Å². The molecule has 0 aromatic carbocycles. The van der Waals surface area contributed by atoms with Gasteiger partial charge < -0.3 is 9.97 Å². The summed E-state index contributed by atoms with van der Waals surface area (Å²) in [4.78, 5) is 24.4. The Morgan fingerprint density at radius 3 is 1.71 bits per heavy atom. The maximum Gasteiger partial charge on any atom is 0.263 e. The molecule has 2 aromatic heterocycles. The molecule has 0 aliphatic heterocycles. The molecule has 0 saturated heterocycles. The number of carbonyl (C=O) groups is 1. The third kappa shape index (κ3) is 4.28. The van der Waals surface area contributed by atoms with Crippen LogP contribution in [0.2, 0.25) is 0 Å². The van der Waals surface area contributed by atoms with E-state index in [1.807, 2.05) is 0 Å². The summed E-state index contributed by atoms with van der Waals surface area (Å²) in [5.74, 6) is 0.361. The van der Waals surface area contributed by atoms with Crippen molar-refractivity contribution in [1.29, 1.82) is 10.5 Å². The van der Waals surface area contributed by atoms with E-state index >= 15 is 0 Å². The Morgan fingerprint density at radius 2 is 1.47 bits per heavy atom. The second-order valence-electron chi connectivity index (χ2n) is 2.43. The summed E-state index contributed by atoms with van der Waals surface area (Å²) in [6.07, 6.45) is 6.23. The normalized spacial score (nSPS) is 7.65. The van der Waals surface area contributed by atoms with Crippen LogP contribution in [-0.2, 0) is 0 Å². The zero-order valence-corrected chi connectivity index (χ0v) is 10.1. The van der Waals surface area contributed by atoms with Crippen LogP contribution in [0.5, 0.6) is 0 Å². The van der Waals surface area contributed by atoms with Crippen molar-refractivity contribution in [3.05, 3.63) is 36.4 Å². The molecule has 2 N–H and O–H groups in total. The highest BCUT2D eigenvalue weighted by Gasteiger charge is 2.12. The zero-order chi connectivity index (χ0) is 11.8. The minimum Gasteiger partial charge on any atom is -0.342 e. The molecule has 0 spiro atoms.